The van der Waals surface area contributed by atoms with Crippen molar-refractivity contribution >= 4 is 11.7 Å². The lowest BCUT2D eigenvalue weighted by atomic mass is 10.2. The molecule has 7 nitrogen and oxygen atoms in total. The van der Waals surface area contributed by atoms with Crippen molar-refractivity contribution in [1.82, 2.24) is 25.5 Å². The highest BCUT2D eigenvalue weighted by molar-refractivity contribution is 5.93. The molecule has 90 valence electrons. The van der Waals surface area contributed by atoms with E-state index in [4.69, 9.17) is 5.73 Å². The Morgan fingerprint density at radius 3 is 3.00 bits per heavy atom. The van der Waals surface area contributed by atoms with Crippen molar-refractivity contribution in [2.24, 2.45) is 0 Å². The molecule has 2 rings (SSSR count). The summed E-state index contributed by atoms with van der Waals surface area (Å²) in [6.45, 7) is 1.97. The first-order valence-corrected chi connectivity index (χ1v) is 5.31. The van der Waals surface area contributed by atoms with Crippen LogP contribution in [-0.2, 0) is 0 Å². The lowest BCUT2D eigenvalue weighted by molar-refractivity contribution is 0.0929. The first-order valence-electron chi connectivity index (χ1n) is 5.31. The zero-order chi connectivity index (χ0) is 12.3. The van der Waals surface area contributed by atoms with Gasteiger partial charge >= 0.3 is 0 Å². The molecule has 2 aromatic rings. The van der Waals surface area contributed by atoms with E-state index in [0.29, 0.717) is 11.5 Å². The van der Waals surface area contributed by atoms with Crippen molar-refractivity contribution in [2.75, 3.05) is 5.73 Å². The second kappa shape index (κ2) is 4.69. The van der Waals surface area contributed by atoms with Gasteiger partial charge in [0.25, 0.3) is 5.91 Å². The number of aromatic amines is 2. The lowest BCUT2D eigenvalue weighted by Crippen LogP contribution is -2.29. The van der Waals surface area contributed by atoms with Crippen molar-refractivity contribution in [3.63, 3.8) is 0 Å². The van der Waals surface area contributed by atoms with E-state index in [9.17, 15) is 4.79 Å². The third kappa shape index (κ3) is 2.44. The zero-order valence-corrected chi connectivity index (χ0v) is 9.40. The fourth-order valence-electron chi connectivity index (χ4n) is 1.52. The highest BCUT2D eigenvalue weighted by Gasteiger charge is 2.17. The number of rotatable bonds is 4. The number of nitrogens with one attached hydrogen (secondary N) is 3. The molecule has 0 aliphatic rings. The van der Waals surface area contributed by atoms with E-state index >= 15 is 0 Å². The van der Waals surface area contributed by atoms with Crippen molar-refractivity contribution in [3.8, 4) is 0 Å². The molecular weight excluding hydrogens is 220 g/mol. The molecule has 5 N–H and O–H groups in total. The number of H-pyrrole nitrogens is 2. The Bertz CT molecular complexity index is 489. The van der Waals surface area contributed by atoms with Crippen LogP contribution in [0.2, 0.25) is 0 Å². The van der Waals surface area contributed by atoms with Gasteiger partial charge in [0.1, 0.15) is 17.3 Å². The summed E-state index contributed by atoms with van der Waals surface area (Å²) >= 11 is 0. The molecular formula is C10H14N6O. The summed E-state index contributed by atoms with van der Waals surface area (Å²) in [5, 5.41) is 9.10. The van der Waals surface area contributed by atoms with Gasteiger partial charge in [0.2, 0.25) is 0 Å². The summed E-state index contributed by atoms with van der Waals surface area (Å²) in [6.07, 6.45) is 4.11. The smallest absolute Gasteiger partial charge is 0.269 e. The molecule has 1 atom stereocenters. The Hall–Kier alpha value is -2.31. The Morgan fingerprint density at radius 1 is 1.65 bits per heavy atom. The van der Waals surface area contributed by atoms with Crippen LogP contribution in [0.1, 0.15) is 35.7 Å². The molecule has 0 bridgehead atoms. The summed E-state index contributed by atoms with van der Waals surface area (Å²) < 4.78 is 0. The predicted molar refractivity (Wildman–Crippen MR) is 62.1 cm³/mol. The van der Waals surface area contributed by atoms with Crippen LogP contribution in [0.15, 0.2) is 18.5 Å². The molecule has 2 aromatic heterocycles. The van der Waals surface area contributed by atoms with Crippen molar-refractivity contribution < 1.29 is 4.79 Å². The topological polar surface area (TPSA) is 112 Å². The van der Waals surface area contributed by atoms with Gasteiger partial charge in [-0.2, -0.15) is 5.10 Å². The van der Waals surface area contributed by atoms with Gasteiger partial charge < -0.3 is 16.0 Å². The normalized spacial score (nSPS) is 12.3. The number of nitrogens with two attached hydrogens (primary N) is 1. The lowest BCUT2D eigenvalue weighted by Gasteiger charge is -2.13. The maximum Gasteiger partial charge on any atom is 0.269 e. The molecule has 0 fully saturated rings. The summed E-state index contributed by atoms with van der Waals surface area (Å²) in [6, 6.07) is 1.34. The second-order valence-electron chi connectivity index (χ2n) is 3.62. The molecule has 0 aliphatic heterocycles. The van der Waals surface area contributed by atoms with Gasteiger partial charge in [-0.3, -0.25) is 9.89 Å². The molecule has 0 aliphatic carbocycles. The van der Waals surface area contributed by atoms with Crippen molar-refractivity contribution in [3.05, 3.63) is 30.0 Å². The van der Waals surface area contributed by atoms with Crippen LogP contribution >= 0.6 is 0 Å². The second-order valence-corrected chi connectivity index (χ2v) is 3.62. The number of carbonyl (C=O) groups is 1. The number of hydrogen-bond donors (Lipinski definition) is 4. The van der Waals surface area contributed by atoms with Gasteiger partial charge in [0.05, 0.1) is 6.04 Å². The predicted octanol–water partition coefficient (Wildman–Crippen LogP) is 0.596. The van der Waals surface area contributed by atoms with Gasteiger partial charge in [0, 0.05) is 18.5 Å². The molecule has 17 heavy (non-hydrogen) atoms. The number of aromatic nitrogens is 4. The van der Waals surface area contributed by atoms with E-state index in [-0.39, 0.29) is 11.9 Å². The molecule has 1 amide bonds. The van der Waals surface area contributed by atoms with Crippen LogP contribution in [0.5, 0.6) is 0 Å². The third-order valence-electron chi connectivity index (χ3n) is 2.41. The van der Waals surface area contributed by atoms with Crippen molar-refractivity contribution in [2.45, 2.75) is 19.4 Å². The number of anilines is 1. The zero-order valence-electron chi connectivity index (χ0n) is 9.40. The van der Waals surface area contributed by atoms with Crippen LogP contribution in [0.25, 0.3) is 0 Å². The van der Waals surface area contributed by atoms with Crippen LogP contribution < -0.4 is 11.1 Å². The van der Waals surface area contributed by atoms with Gasteiger partial charge in [-0.1, -0.05) is 6.92 Å². The number of amides is 1. The van der Waals surface area contributed by atoms with Gasteiger partial charge in [-0.25, -0.2) is 4.98 Å². The van der Waals surface area contributed by atoms with E-state index in [2.05, 4.69) is 25.5 Å². The molecule has 1 unspecified atom stereocenters. The summed E-state index contributed by atoms with van der Waals surface area (Å²) in [5.41, 5.74) is 5.77. The number of nitrogens with zero attached hydrogens (tertiary/aromatic N) is 2. The molecule has 0 spiro atoms. The van der Waals surface area contributed by atoms with Crippen LogP contribution in [0, 0.1) is 0 Å². The van der Waals surface area contributed by atoms with E-state index in [1.54, 1.807) is 12.4 Å². The first kappa shape index (κ1) is 11.2. The Kier molecular flexibility index (Phi) is 3.08. The van der Waals surface area contributed by atoms with Gasteiger partial charge in [-0.15, -0.1) is 0 Å². The quantitative estimate of drug-likeness (QED) is 0.620. The SMILES string of the molecule is CCC(NC(=O)c1cc(N)n[nH]1)c1ncc[nH]1. The highest BCUT2D eigenvalue weighted by atomic mass is 16.2. The standard InChI is InChI=1S/C10H14N6O/c1-2-6(9-12-3-4-13-9)14-10(17)7-5-8(11)16-15-7/h3-6H,2H2,1H3,(H,12,13)(H,14,17)(H3,11,15,16). The molecule has 7 heteroatoms. The molecule has 0 radical (unpaired) electrons. The minimum Gasteiger partial charge on any atom is -0.382 e. The minimum atomic E-state index is -0.252. The van der Waals surface area contributed by atoms with E-state index in [1.807, 2.05) is 6.92 Å². The third-order valence-corrected chi connectivity index (χ3v) is 2.41. The summed E-state index contributed by atoms with van der Waals surface area (Å²) in [7, 11) is 0. The fourth-order valence-corrected chi connectivity index (χ4v) is 1.52. The highest BCUT2D eigenvalue weighted by Crippen LogP contribution is 2.12. The fraction of sp³-hybridized carbons (Fsp3) is 0.300. The average molecular weight is 234 g/mol. The molecule has 0 saturated heterocycles. The van der Waals surface area contributed by atoms with E-state index in [1.165, 1.54) is 6.07 Å². The van der Waals surface area contributed by atoms with E-state index in [0.717, 1.165) is 12.2 Å². The Labute approximate surface area is 97.8 Å². The van der Waals surface area contributed by atoms with Crippen LogP contribution in [-0.4, -0.2) is 26.1 Å². The molecule has 0 saturated carbocycles. The summed E-state index contributed by atoms with van der Waals surface area (Å²) in [5.74, 6) is 0.770. The van der Waals surface area contributed by atoms with Gasteiger partial charge in [0.15, 0.2) is 0 Å². The molecule has 2 heterocycles. The summed E-state index contributed by atoms with van der Waals surface area (Å²) in [4.78, 5) is 18.9. The van der Waals surface area contributed by atoms with Crippen LogP contribution in [0.4, 0.5) is 5.82 Å². The van der Waals surface area contributed by atoms with Gasteiger partial charge in [-0.05, 0) is 6.42 Å². The maximum atomic E-state index is 11.8. The number of carbonyl (C=O) groups excluding carboxylic acids is 1. The first-order chi connectivity index (χ1) is 8.20. The number of imidazole rings is 1. The van der Waals surface area contributed by atoms with Crippen LogP contribution in [0.3, 0.4) is 0 Å². The number of hydrogen-bond acceptors (Lipinski definition) is 4. The maximum absolute atomic E-state index is 11.8. The number of nitrogen functional groups attached to an aromatic ring is 1. The monoisotopic (exact) mass is 234 g/mol. The largest absolute Gasteiger partial charge is 0.382 e. The average Bonchev–Trinajstić information content (AvgIpc) is 2.96. The van der Waals surface area contributed by atoms with E-state index < -0.39 is 0 Å². The van der Waals surface area contributed by atoms with Crippen molar-refractivity contribution in [1.29, 1.82) is 0 Å². The Morgan fingerprint density at radius 2 is 2.47 bits per heavy atom. The Balaban J connectivity index is 2.07. The minimum absolute atomic E-state index is 0.151. The molecule has 0 aromatic carbocycles.